The molecule has 6 heteroatoms. The third kappa shape index (κ3) is 3.39. The molecule has 3 aromatic rings. The molecule has 1 fully saturated rings. The van der Waals surface area contributed by atoms with Gasteiger partial charge in [-0.2, -0.15) is 0 Å². The Hall–Kier alpha value is -2.73. The first-order valence-corrected chi connectivity index (χ1v) is 8.54. The van der Waals surface area contributed by atoms with Crippen LogP contribution in [0.1, 0.15) is 17.0 Å². The van der Waals surface area contributed by atoms with Gasteiger partial charge in [0.25, 0.3) is 0 Å². The van der Waals surface area contributed by atoms with Gasteiger partial charge in [0.05, 0.1) is 6.04 Å². The van der Waals surface area contributed by atoms with Crippen molar-refractivity contribution in [1.82, 2.24) is 24.4 Å². The van der Waals surface area contributed by atoms with Gasteiger partial charge in [-0.15, -0.1) is 0 Å². The van der Waals surface area contributed by atoms with E-state index in [0.717, 1.165) is 31.3 Å². The number of anilines is 1. The molecule has 2 aromatic heterocycles. The molecule has 6 nitrogen and oxygen atoms in total. The molecule has 1 aromatic carbocycles. The smallest absolute Gasteiger partial charge is 0.129 e. The highest BCUT2D eigenvalue weighted by atomic mass is 15.3. The maximum Gasteiger partial charge on any atom is 0.129 e. The lowest BCUT2D eigenvalue weighted by Crippen LogP contribution is -2.54. The van der Waals surface area contributed by atoms with Crippen LogP contribution in [0, 0.1) is 13.8 Å². The van der Waals surface area contributed by atoms with Gasteiger partial charge in [-0.3, -0.25) is 4.90 Å². The molecule has 0 aliphatic carbocycles. The Kier molecular flexibility index (Phi) is 4.19. The molecular formula is C19H22N6. The van der Waals surface area contributed by atoms with Crippen LogP contribution in [0.4, 0.5) is 5.82 Å². The van der Waals surface area contributed by atoms with Crippen molar-refractivity contribution in [3.05, 3.63) is 66.1 Å². The second-order valence-corrected chi connectivity index (χ2v) is 6.59. The molecule has 0 bridgehead atoms. The zero-order valence-corrected chi connectivity index (χ0v) is 14.6. The van der Waals surface area contributed by atoms with Crippen LogP contribution < -0.4 is 5.32 Å². The minimum Gasteiger partial charge on any atom is -0.365 e. The van der Waals surface area contributed by atoms with E-state index in [-0.39, 0.29) is 0 Å². The average Bonchev–Trinajstić information content (AvgIpc) is 3.01. The van der Waals surface area contributed by atoms with Crippen molar-refractivity contribution in [1.29, 1.82) is 0 Å². The van der Waals surface area contributed by atoms with E-state index in [1.54, 1.807) is 12.5 Å². The summed E-state index contributed by atoms with van der Waals surface area (Å²) in [5.41, 5.74) is 3.86. The summed E-state index contributed by atoms with van der Waals surface area (Å²) in [6.07, 6.45) is 7.18. The molecule has 1 N–H and O–H groups in total. The molecule has 1 aliphatic heterocycles. The number of imidazole rings is 1. The Labute approximate surface area is 147 Å². The van der Waals surface area contributed by atoms with Gasteiger partial charge < -0.3 is 9.88 Å². The van der Waals surface area contributed by atoms with Crippen LogP contribution in [0.5, 0.6) is 0 Å². The van der Waals surface area contributed by atoms with Gasteiger partial charge in [0, 0.05) is 43.9 Å². The fraction of sp³-hybridized carbons (Fsp3) is 0.316. The fourth-order valence-corrected chi connectivity index (χ4v) is 3.27. The second-order valence-electron chi connectivity index (χ2n) is 6.59. The van der Waals surface area contributed by atoms with E-state index < -0.39 is 0 Å². The highest BCUT2D eigenvalue weighted by molar-refractivity contribution is 5.41. The van der Waals surface area contributed by atoms with Crippen molar-refractivity contribution >= 4 is 5.82 Å². The molecule has 0 atom stereocenters. The molecule has 3 heterocycles. The number of rotatable bonds is 5. The molecule has 0 radical (unpaired) electrons. The molecule has 4 rings (SSSR count). The summed E-state index contributed by atoms with van der Waals surface area (Å²) in [5, 5.41) is 3.44. The van der Waals surface area contributed by atoms with E-state index in [1.165, 1.54) is 16.8 Å². The molecule has 1 aliphatic rings. The summed E-state index contributed by atoms with van der Waals surface area (Å²) >= 11 is 0. The minimum absolute atomic E-state index is 0.461. The summed E-state index contributed by atoms with van der Waals surface area (Å²) in [6, 6.07) is 9.01. The van der Waals surface area contributed by atoms with Gasteiger partial charge >= 0.3 is 0 Å². The predicted octanol–water partition coefficient (Wildman–Crippen LogP) is 2.58. The number of aromatic nitrogens is 4. The van der Waals surface area contributed by atoms with Gasteiger partial charge in [0.15, 0.2) is 0 Å². The summed E-state index contributed by atoms with van der Waals surface area (Å²) < 4.78 is 2.11. The van der Waals surface area contributed by atoms with Crippen molar-refractivity contribution in [2.24, 2.45) is 0 Å². The van der Waals surface area contributed by atoms with Crippen LogP contribution in [-0.4, -0.2) is 43.6 Å². The third-order valence-electron chi connectivity index (χ3n) is 4.72. The Morgan fingerprint density at radius 3 is 2.68 bits per heavy atom. The quantitative estimate of drug-likeness (QED) is 0.777. The lowest BCUT2D eigenvalue weighted by molar-refractivity contribution is 0.152. The minimum atomic E-state index is 0.461. The van der Waals surface area contributed by atoms with Crippen molar-refractivity contribution in [2.75, 3.05) is 18.4 Å². The summed E-state index contributed by atoms with van der Waals surface area (Å²) in [4.78, 5) is 14.9. The van der Waals surface area contributed by atoms with Crippen LogP contribution in [0.15, 0.2) is 49.2 Å². The molecular weight excluding hydrogens is 312 g/mol. The standard InChI is InChI=1S/C19H22N6/c1-14-9-18(25-8-7-21-15(25)2)4-3-16(14)10-24-11-17(12-24)23-19-5-6-20-13-22-19/h3-9,13,17H,10-12H2,1-2H3,(H,20,22,23). The second kappa shape index (κ2) is 6.64. The number of nitrogens with one attached hydrogen (secondary N) is 1. The predicted molar refractivity (Wildman–Crippen MR) is 97.8 cm³/mol. The van der Waals surface area contributed by atoms with Crippen LogP contribution >= 0.6 is 0 Å². The van der Waals surface area contributed by atoms with Crippen molar-refractivity contribution in [3.63, 3.8) is 0 Å². The van der Waals surface area contributed by atoms with Crippen LogP contribution in [-0.2, 0) is 6.54 Å². The summed E-state index contributed by atoms with van der Waals surface area (Å²) in [6.45, 7) is 7.25. The maximum absolute atomic E-state index is 4.30. The van der Waals surface area contributed by atoms with Gasteiger partial charge in [-0.1, -0.05) is 6.07 Å². The zero-order valence-electron chi connectivity index (χ0n) is 14.6. The number of benzene rings is 1. The van der Waals surface area contributed by atoms with Crippen LogP contribution in [0.2, 0.25) is 0 Å². The first-order chi connectivity index (χ1) is 12.2. The first kappa shape index (κ1) is 15.8. The van der Waals surface area contributed by atoms with Crippen LogP contribution in [0.25, 0.3) is 5.69 Å². The topological polar surface area (TPSA) is 58.9 Å². The molecule has 128 valence electrons. The fourth-order valence-electron chi connectivity index (χ4n) is 3.27. The zero-order chi connectivity index (χ0) is 17.2. The maximum atomic E-state index is 4.30. The number of hydrogen-bond acceptors (Lipinski definition) is 5. The summed E-state index contributed by atoms with van der Waals surface area (Å²) in [7, 11) is 0. The lowest BCUT2D eigenvalue weighted by atomic mass is 10.0. The van der Waals surface area contributed by atoms with E-state index in [0.29, 0.717) is 6.04 Å². The number of nitrogens with zero attached hydrogens (tertiary/aromatic N) is 5. The Morgan fingerprint density at radius 2 is 2.00 bits per heavy atom. The van der Waals surface area contributed by atoms with E-state index in [2.05, 4.69) is 54.9 Å². The lowest BCUT2D eigenvalue weighted by Gasteiger charge is -2.40. The van der Waals surface area contributed by atoms with E-state index in [1.807, 2.05) is 25.4 Å². The highest BCUT2D eigenvalue weighted by Gasteiger charge is 2.26. The molecule has 25 heavy (non-hydrogen) atoms. The molecule has 0 amide bonds. The van der Waals surface area contributed by atoms with Crippen LogP contribution in [0.3, 0.4) is 0 Å². The van der Waals surface area contributed by atoms with E-state index in [9.17, 15) is 0 Å². The molecule has 0 unspecified atom stereocenters. The van der Waals surface area contributed by atoms with E-state index in [4.69, 9.17) is 0 Å². The van der Waals surface area contributed by atoms with Gasteiger partial charge in [0.2, 0.25) is 0 Å². The van der Waals surface area contributed by atoms with Crippen molar-refractivity contribution < 1.29 is 0 Å². The average molecular weight is 334 g/mol. The van der Waals surface area contributed by atoms with Crippen molar-refractivity contribution in [3.8, 4) is 5.69 Å². The Balaban J connectivity index is 1.36. The highest BCUT2D eigenvalue weighted by Crippen LogP contribution is 2.21. The Bertz CT molecular complexity index is 851. The normalized spacial score (nSPS) is 15.1. The van der Waals surface area contributed by atoms with Crippen molar-refractivity contribution in [2.45, 2.75) is 26.4 Å². The number of hydrogen-bond donors (Lipinski definition) is 1. The SMILES string of the molecule is Cc1cc(-n2ccnc2C)ccc1CN1CC(Nc2ccncn2)C1. The molecule has 0 spiro atoms. The molecule has 0 saturated carbocycles. The van der Waals surface area contributed by atoms with Gasteiger partial charge in [-0.25, -0.2) is 15.0 Å². The monoisotopic (exact) mass is 334 g/mol. The number of likely N-dealkylation sites (tertiary alicyclic amines) is 1. The largest absolute Gasteiger partial charge is 0.365 e. The first-order valence-electron chi connectivity index (χ1n) is 8.54. The molecule has 1 saturated heterocycles. The van der Waals surface area contributed by atoms with E-state index >= 15 is 0 Å². The van der Waals surface area contributed by atoms with Gasteiger partial charge in [-0.05, 0) is 43.2 Å². The Morgan fingerprint density at radius 1 is 1.12 bits per heavy atom. The third-order valence-corrected chi connectivity index (χ3v) is 4.72. The number of aryl methyl sites for hydroxylation is 2. The summed E-state index contributed by atoms with van der Waals surface area (Å²) in [5.74, 6) is 1.91. The van der Waals surface area contributed by atoms with Gasteiger partial charge in [0.1, 0.15) is 18.0 Å².